The van der Waals surface area contributed by atoms with Gasteiger partial charge < -0.3 is 5.11 Å². The fourth-order valence-electron chi connectivity index (χ4n) is 1.87. The number of rotatable bonds is 3. The van der Waals surface area contributed by atoms with Gasteiger partial charge in [0, 0.05) is 5.41 Å². The Morgan fingerprint density at radius 2 is 1.88 bits per heavy atom. The van der Waals surface area contributed by atoms with Crippen LogP contribution in [0.4, 0.5) is 0 Å². The van der Waals surface area contributed by atoms with Crippen LogP contribution in [0.1, 0.15) is 48.0 Å². The molecule has 1 aliphatic rings. The van der Waals surface area contributed by atoms with E-state index < -0.39 is 0 Å². The summed E-state index contributed by atoms with van der Waals surface area (Å²) in [5.74, 6) is 0. The number of aliphatic hydroxyl groups excluding tert-OH is 1. The zero-order valence-electron chi connectivity index (χ0n) is 11.5. The van der Waals surface area contributed by atoms with Crippen LogP contribution >= 0.6 is 0 Å². The third kappa shape index (κ3) is 2.40. The molecule has 2 unspecified atom stereocenters. The normalized spacial score (nSPS) is 31.2. The van der Waals surface area contributed by atoms with Gasteiger partial charge in [-0.15, -0.1) is 0 Å². The average molecular weight is 222 g/mol. The second-order valence-corrected chi connectivity index (χ2v) is 6.58. The highest BCUT2D eigenvalue weighted by atomic mass is 16.3. The molecule has 0 spiro atoms. The molecule has 0 aromatic rings. The first-order valence-electron chi connectivity index (χ1n) is 6.17. The first-order valence-corrected chi connectivity index (χ1v) is 6.17. The van der Waals surface area contributed by atoms with Crippen LogP contribution in [0.25, 0.3) is 0 Å². The van der Waals surface area contributed by atoms with Gasteiger partial charge in [0.05, 0.1) is 6.10 Å². The van der Waals surface area contributed by atoms with Gasteiger partial charge in [0.2, 0.25) is 0 Å². The molecule has 0 aromatic heterocycles. The van der Waals surface area contributed by atoms with Crippen LogP contribution < -0.4 is 0 Å². The molecule has 16 heavy (non-hydrogen) atoms. The maximum absolute atomic E-state index is 9.70. The molecule has 1 nitrogen and oxygen atoms in total. The lowest BCUT2D eigenvalue weighted by atomic mass is 9.68. The molecule has 0 heterocycles. The van der Waals surface area contributed by atoms with E-state index in [0.29, 0.717) is 0 Å². The van der Waals surface area contributed by atoms with Gasteiger partial charge in [-0.05, 0) is 24.2 Å². The Hall–Kier alpha value is -0.560. The summed E-state index contributed by atoms with van der Waals surface area (Å²) in [6, 6.07) is 0. The van der Waals surface area contributed by atoms with E-state index in [1.165, 1.54) is 0 Å². The highest BCUT2D eigenvalue weighted by Crippen LogP contribution is 2.49. The van der Waals surface area contributed by atoms with E-state index in [-0.39, 0.29) is 22.3 Å². The summed E-state index contributed by atoms with van der Waals surface area (Å²) in [6.07, 6.45) is 9.80. The molecule has 92 valence electrons. The minimum atomic E-state index is -0.315. The Bertz CT molecular complexity index is 307. The summed E-state index contributed by atoms with van der Waals surface area (Å²) in [4.78, 5) is 0. The van der Waals surface area contributed by atoms with Gasteiger partial charge in [-0.2, -0.15) is 0 Å². The lowest BCUT2D eigenvalue weighted by molar-refractivity contribution is 0.0979. The number of hydrogen-bond acceptors (Lipinski definition) is 1. The molecule has 0 saturated heterocycles. The molecule has 1 heteroatoms. The van der Waals surface area contributed by atoms with Crippen molar-refractivity contribution in [1.29, 1.82) is 0 Å². The van der Waals surface area contributed by atoms with Crippen molar-refractivity contribution in [3.8, 4) is 0 Å². The summed E-state index contributed by atoms with van der Waals surface area (Å²) >= 11 is 0. The highest BCUT2D eigenvalue weighted by Gasteiger charge is 2.40. The van der Waals surface area contributed by atoms with Gasteiger partial charge in [-0.3, -0.25) is 0 Å². The first-order chi connectivity index (χ1) is 7.11. The van der Waals surface area contributed by atoms with Crippen LogP contribution in [0, 0.1) is 16.2 Å². The minimum Gasteiger partial charge on any atom is -0.393 e. The van der Waals surface area contributed by atoms with Gasteiger partial charge in [0.15, 0.2) is 0 Å². The molecule has 1 aliphatic carbocycles. The molecular weight excluding hydrogens is 196 g/mol. The standard InChI is InChI=1S/C15H26O/c1-12(16)13(2,3)10-11-15(6)9-7-8-14(15,4)5/h7-8,10-12,16H,9H2,1-6H3/b11-10+. The predicted octanol–water partition coefficient (Wildman–Crippen LogP) is 3.94. The third-order valence-corrected chi connectivity index (χ3v) is 4.51. The van der Waals surface area contributed by atoms with Crippen molar-refractivity contribution in [2.24, 2.45) is 16.2 Å². The maximum atomic E-state index is 9.70. The first kappa shape index (κ1) is 13.5. The van der Waals surface area contributed by atoms with Crippen molar-refractivity contribution >= 4 is 0 Å². The zero-order chi connectivity index (χ0) is 12.6. The topological polar surface area (TPSA) is 20.2 Å². The van der Waals surface area contributed by atoms with Crippen LogP contribution in [0.15, 0.2) is 24.3 Å². The van der Waals surface area contributed by atoms with Gasteiger partial charge >= 0.3 is 0 Å². The van der Waals surface area contributed by atoms with Crippen molar-refractivity contribution in [3.63, 3.8) is 0 Å². The van der Waals surface area contributed by atoms with E-state index in [0.717, 1.165) is 6.42 Å². The third-order valence-electron chi connectivity index (χ3n) is 4.51. The fraction of sp³-hybridized carbons (Fsp3) is 0.733. The molecule has 0 amide bonds. The van der Waals surface area contributed by atoms with Crippen molar-refractivity contribution in [2.45, 2.75) is 54.1 Å². The van der Waals surface area contributed by atoms with E-state index in [2.05, 4.69) is 58.9 Å². The van der Waals surface area contributed by atoms with E-state index in [9.17, 15) is 5.11 Å². The van der Waals surface area contributed by atoms with Gasteiger partial charge in [0.25, 0.3) is 0 Å². The molecule has 0 fully saturated rings. The lowest BCUT2D eigenvalue weighted by Gasteiger charge is -2.37. The molecular formula is C15H26O. The summed E-state index contributed by atoms with van der Waals surface area (Å²) in [7, 11) is 0. The van der Waals surface area contributed by atoms with Crippen LogP contribution in [0.5, 0.6) is 0 Å². The maximum Gasteiger partial charge on any atom is 0.0597 e. The molecule has 1 N–H and O–H groups in total. The number of hydrogen-bond donors (Lipinski definition) is 1. The van der Waals surface area contributed by atoms with E-state index in [4.69, 9.17) is 0 Å². The van der Waals surface area contributed by atoms with Crippen LogP contribution in [0.3, 0.4) is 0 Å². The van der Waals surface area contributed by atoms with Crippen LogP contribution in [-0.2, 0) is 0 Å². The summed E-state index contributed by atoms with van der Waals surface area (Å²) in [5.41, 5.74) is 0.235. The van der Waals surface area contributed by atoms with Crippen LogP contribution in [-0.4, -0.2) is 11.2 Å². The predicted molar refractivity (Wildman–Crippen MR) is 70.2 cm³/mol. The Morgan fingerprint density at radius 1 is 1.31 bits per heavy atom. The minimum absolute atomic E-state index is 0.151. The molecule has 0 aliphatic heterocycles. The van der Waals surface area contributed by atoms with E-state index >= 15 is 0 Å². The Labute approximate surface area is 100 Å². The summed E-state index contributed by atoms with van der Waals surface area (Å²) in [5, 5.41) is 9.70. The van der Waals surface area contributed by atoms with Crippen molar-refractivity contribution in [1.82, 2.24) is 0 Å². The van der Waals surface area contributed by atoms with Crippen molar-refractivity contribution in [3.05, 3.63) is 24.3 Å². The Kier molecular flexibility index (Phi) is 3.40. The summed E-state index contributed by atoms with van der Waals surface area (Å²) < 4.78 is 0. The fourth-order valence-corrected chi connectivity index (χ4v) is 1.87. The largest absolute Gasteiger partial charge is 0.393 e. The number of allylic oxidation sites excluding steroid dienone is 3. The molecule has 0 radical (unpaired) electrons. The second-order valence-electron chi connectivity index (χ2n) is 6.58. The Morgan fingerprint density at radius 3 is 2.25 bits per heavy atom. The molecule has 1 rings (SSSR count). The molecule has 0 bridgehead atoms. The van der Waals surface area contributed by atoms with Gasteiger partial charge in [0.1, 0.15) is 0 Å². The zero-order valence-corrected chi connectivity index (χ0v) is 11.5. The number of aliphatic hydroxyl groups is 1. The monoisotopic (exact) mass is 222 g/mol. The quantitative estimate of drug-likeness (QED) is 0.717. The van der Waals surface area contributed by atoms with Crippen molar-refractivity contribution in [2.75, 3.05) is 0 Å². The molecule has 0 aromatic carbocycles. The van der Waals surface area contributed by atoms with Gasteiger partial charge in [-0.1, -0.05) is 58.9 Å². The molecule has 0 saturated carbocycles. The van der Waals surface area contributed by atoms with E-state index in [1.54, 1.807) is 0 Å². The van der Waals surface area contributed by atoms with Crippen LogP contribution in [0.2, 0.25) is 0 Å². The van der Waals surface area contributed by atoms with E-state index in [1.807, 2.05) is 6.92 Å². The Balaban J connectivity index is 2.86. The second kappa shape index (κ2) is 4.03. The van der Waals surface area contributed by atoms with Crippen molar-refractivity contribution < 1.29 is 5.11 Å². The lowest BCUT2D eigenvalue weighted by Crippen LogP contribution is -2.30. The average Bonchev–Trinajstić information content (AvgIpc) is 2.39. The summed E-state index contributed by atoms with van der Waals surface area (Å²) in [6.45, 7) is 12.8. The molecule has 2 atom stereocenters. The SMILES string of the molecule is CC(O)C(C)(C)/C=C/C1(C)CC=CC1(C)C. The highest BCUT2D eigenvalue weighted by molar-refractivity contribution is 5.21. The van der Waals surface area contributed by atoms with Gasteiger partial charge in [-0.25, -0.2) is 0 Å². The smallest absolute Gasteiger partial charge is 0.0597 e.